The molecule has 0 spiro atoms. The first-order valence-electron chi connectivity index (χ1n) is 44.8. The Morgan fingerprint density at radius 3 is 0.775 bits per heavy atom. The third-order valence-corrected chi connectivity index (χ3v) is 21.1. The fourth-order valence-electron chi connectivity index (χ4n) is 12.4. The van der Waals surface area contributed by atoms with E-state index in [1.807, 2.05) is 0 Å². The Morgan fingerprint density at radius 1 is 0.261 bits per heavy atom. The van der Waals surface area contributed by atoms with E-state index in [9.17, 15) is 43.5 Å². The number of hydrogen-bond donors (Lipinski definition) is 4. The molecule has 16 nitrogen and oxygen atoms in total. The molecule has 0 aliphatic rings. The predicted octanol–water partition coefficient (Wildman–Crippen LogP) is 27.2. The van der Waals surface area contributed by atoms with Gasteiger partial charge in [0, 0.05) is 19.3 Å². The first-order chi connectivity index (χ1) is 54.2. The maximum Gasteiger partial charge on any atom is 0.472 e. The highest BCUT2D eigenvalue weighted by atomic mass is 31.2. The van der Waals surface area contributed by atoms with Crippen molar-refractivity contribution in [2.75, 3.05) is 39.6 Å². The first kappa shape index (κ1) is 107. The van der Waals surface area contributed by atoms with Crippen LogP contribution in [0, 0.1) is 0 Å². The minimum Gasteiger partial charge on any atom is -0.463 e. The molecule has 0 amide bonds. The first-order valence-corrected chi connectivity index (χ1v) is 47.8. The number of hydrogen-bond acceptors (Lipinski definition) is 14. The third kappa shape index (κ3) is 86.6. The summed E-state index contributed by atoms with van der Waals surface area (Å²) in [7, 11) is -9.79. The topological polar surface area (TPSA) is 231 Å². The number of aliphatic hydroxyl groups excluding tert-OH is 2. The molecular formula is C93H164O16P2. The lowest BCUT2D eigenvalue weighted by Gasteiger charge is -2.21. The Hall–Kier alpha value is -4.05. The number of unbranched alkanes of at least 4 members (excludes halogenated alkanes) is 42. The van der Waals surface area contributed by atoms with Gasteiger partial charge >= 0.3 is 33.6 Å². The Kier molecular flexibility index (Phi) is 82.2. The summed E-state index contributed by atoms with van der Waals surface area (Å²) >= 11 is 0. The van der Waals surface area contributed by atoms with E-state index in [1.54, 1.807) is 0 Å². The van der Waals surface area contributed by atoms with Gasteiger partial charge in [0.25, 0.3) is 0 Å². The van der Waals surface area contributed by atoms with Crippen LogP contribution in [0.4, 0.5) is 0 Å². The van der Waals surface area contributed by atoms with Crippen LogP contribution in [-0.4, -0.2) is 95.9 Å². The monoisotopic (exact) mass is 1600 g/mol. The summed E-state index contributed by atoms with van der Waals surface area (Å²) in [5.74, 6) is -1.56. The highest BCUT2D eigenvalue weighted by Gasteiger charge is 2.29. The van der Waals surface area contributed by atoms with Gasteiger partial charge in [0.05, 0.1) is 26.4 Å². The zero-order chi connectivity index (χ0) is 80.8. The van der Waals surface area contributed by atoms with Crippen LogP contribution in [0.25, 0.3) is 0 Å². The van der Waals surface area contributed by atoms with Gasteiger partial charge in [-0.15, -0.1) is 0 Å². The van der Waals surface area contributed by atoms with E-state index in [2.05, 4.69) is 142 Å². The minimum atomic E-state index is -4.93. The average molecular weight is 1600 g/mol. The highest BCUT2D eigenvalue weighted by molar-refractivity contribution is 7.47. The number of ether oxygens (including phenoxy) is 3. The van der Waals surface area contributed by atoms with E-state index in [4.69, 9.17) is 32.3 Å². The number of carbonyl (C=O) groups is 3. The molecule has 0 aliphatic carbocycles. The molecule has 0 aromatic carbocycles. The standard InChI is InChI=1S/C93H164O16P2/c1-4-7-10-13-16-19-22-25-27-29-31-33-35-37-39-41-42-43-44-46-48-49-51-53-55-57-59-62-64-67-70-73-76-79-91(96)103-82-88(94)83-105-110(99,100)106-84-89(95)85-107-111(101,102)108-87-90(109-93(98)81-78-75-72-69-66-61-24-21-18-15-12-9-6-3)86-104-92(97)80-77-74-71-68-65-63-60-58-56-54-52-50-47-45-40-38-36-34-32-30-28-26-23-20-17-14-11-8-5-2/h7,10,16-17,19-20,25-28,31-34,37-40,42-43,88-90,94-95H,4-6,8-9,11-15,18,21-24,29-30,35-36,41,44-87H2,1-3H3,(H,99,100)(H,101,102)/b10-7-,19-16-,20-17-,27-25-,28-26-,33-31-,34-32-,39-37-,40-38-,43-42-. The molecule has 0 rings (SSSR count). The zero-order valence-corrected chi connectivity index (χ0v) is 72.4. The van der Waals surface area contributed by atoms with Gasteiger partial charge in [-0.1, -0.05) is 380 Å². The van der Waals surface area contributed by atoms with Crippen LogP contribution in [-0.2, 0) is 55.8 Å². The van der Waals surface area contributed by atoms with E-state index >= 15 is 0 Å². The molecule has 0 saturated heterocycles. The Balaban J connectivity index is 4.41. The summed E-state index contributed by atoms with van der Waals surface area (Å²) in [6, 6.07) is 0. The van der Waals surface area contributed by atoms with Crippen LogP contribution < -0.4 is 0 Å². The molecule has 0 aromatic heterocycles. The quantitative estimate of drug-likeness (QED) is 0.0146. The summed E-state index contributed by atoms with van der Waals surface area (Å²) in [5.41, 5.74) is 0. The maximum atomic E-state index is 13.0. The second-order valence-electron chi connectivity index (χ2n) is 30.0. The molecule has 111 heavy (non-hydrogen) atoms. The molecule has 0 radical (unpaired) electrons. The molecule has 0 fully saturated rings. The molecule has 18 heteroatoms. The number of esters is 3. The van der Waals surface area contributed by atoms with E-state index < -0.39 is 91.5 Å². The van der Waals surface area contributed by atoms with Crippen molar-refractivity contribution in [3.05, 3.63) is 122 Å². The van der Waals surface area contributed by atoms with Crippen molar-refractivity contribution in [2.45, 2.75) is 411 Å². The van der Waals surface area contributed by atoms with E-state index in [0.717, 1.165) is 135 Å². The van der Waals surface area contributed by atoms with Crippen molar-refractivity contribution >= 4 is 33.6 Å². The van der Waals surface area contributed by atoms with Crippen LogP contribution in [0.1, 0.15) is 393 Å². The number of allylic oxidation sites excluding steroid dienone is 20. The molecule has 0 saturated carbocycles. The Morgan fingerprint density at radius 2 is 0.477 bits per heavy atom. The number of rotatable bonds is 85. The molecule has 0 bridgehead atoms. The SMILES string of the molecule is CC/C=C\C/C=C\C/C=C\C/C=C\C/C=C\C/C=C\CCCCCCCCCCCCCCCCC(=O)OCC(O)COP(=O)(O)OCC(O)COP(=O)(O)OCC(COC(=O)CCCCCCCCCCCCCCC/C=C\C/C=C\C/C=C\C/C=C\CCCCC)OC(=O)CCCCCCCCCCCCCCC. The van der Waals surface area contributed by atoms with Crippen molar-refractivity contribution in [1.29, 1.82) is 0 Å². The van der Waals surface area contributed by atoms with Crippen LogP contribution in [0.3, 0.4) is 0 Å². The molecular weight excluding hydrogens is 1430 g/mol. The lowest BCUT2D eigenvalue weighted by Crippen LogP contribution is -2.30. The molecule has 5 unspecified atom stereocenters. The van der Waals surface area contributed by atoms with Gasteiger partial charge in [0.1, 0.15) is 25.4 Å². The number of aliphatic hydroxyl groups is 2. The third-order valence-electron chi connectivity index (χ3n) is 19.2. The second kappa shape index (κ2) is 85.3. The summed E-state index contributed by atoms with van der Waals surface area (Å²) in [5, 5.41) is 20.7. The van der Waals surface area contributed by atoms with Crippen molar-refractivity contribution in [3.63, 3.8) is 0 Å². The van der Waals surface area contributed by atoms with Crippen LogP contribution in [0.2, 0.25) is 0 Å². The fraction of sp³-hybridized carbons (Fsp3) is 0.753. The van der Waals surface area contributed by atoms with E-state index in [0.29, 0.717) is 19.3 Å². The molecule has 642 valence electrons. The fourth-order valence-corrected chi connectivity index (χ4v) is 14.0. The smallest absolute Gasteiger partial charge is 0.463 e. The molecule has 0 aliphatic heterocycles. The lowest BCUT2D eigenvalue weighted by atomic mass is 10.0. The largest absolute Gasteiger partial charge is 0.472 e. The molecule has 0 heterocycles. The summed E-state index contributed by atoms with van der Waals surface area (Å²) in [6.45, 7) is 2.60. The van der Waals surface area contributed by atoms with Crippen molar-refractivity contribution < 1.29 is 75.8 Å². The van der Waals surface area contributed by atoms with E-state index in [1.165, 1.54) is 199 Å². The van der Waals surface area contributed by atoms with Crippen molar-refractivity contribution in [1.82, 2.24) is 0 Å². The van der Waals surface area contributed by atoms with Gasteiger partial charge in [0.2, 0.25) is 0 Å². The second-order valence-corrected chi connectivity index (χ2v) is 32.9. The number of carbonyl (C=O) groups excluding carboxylic acids is 3. The molecule has 5 atom stereocenters. The Labute approximate surface area is 678 Å². The minimum absolute atomic E-state index is 0.108. The highest BCUT2D eigenvalue weighted by Crippen LogP contribution is 2.45. The van der Waals surface area contributed by atoms with Crippen LogP contribution in [0.15, 0.2) is 122 Å². The van der Waals surface area contributed by atoms with Gasteiger partial charge < -0.3 is 34.2 Å². The van der Waals surface area contributed by atoms with Gasteiger partial charge in [-0.25, -0.2) is 9.13 Å². The van der Waals surface area contributed by atoms with Crippen molar-refractivity contribution in [2.24, 2.45) is 0 Å². The summed E-state index contributed by atoms with van der Waals surface area (Å²) < 4.78 is 61.3. The summed E-state index contributed by atoms with van der Waals surface area (Å²) in [4.78, 5) is 58.8. The van der Waals surface area contributed by atoms with Crippen molar-refractivity contribution in [3.8, 4) is 0 Å². The maximum absolute atomic E-state index is 13.0. The van der Waals surface area contributed by atoms with Crippen LogP contribution >= 0.6 is 15.6 Å². The predicted molar refractivity (Wildman–Crippen MR) is 463 cm³/mol. The van der Waals surface area contributed by atoms with Gasteiger partial charge in [-0.05, 0) is 116 Å². The van der Waals surface area contributed by atoms with Gasteiger partial charge in [0.15, 0.2) is 6.10 Å². The zero-order valence-electron chi connectivity index (χ0n) is 70.6. The van der Waals surface area contributed by atoms with Gasteiger partial charge in [-0.2, -0.15) is 0 Å². The molecule has 0 aromatic rings. The Bertz CT molecular complexity index is 2500. The number of phosphoric ester groups is 2. The normalized spacial score (nSPS) is 14.4. The lowest BCUT2D eigenvalue weighted by molar-refractivity contribution is -0.161. The van der Waals surface area contributed by atoms with Gasteiger partial charge in [-0.3, -0.25) is 32.5 Å². The summed E-state index contributed by atoms with van der Waals surface area (Å²) in [6.07, 6.45) is 104. The average Bonchev–Trinajstić information content (AvgIpc) is 0.978. The molecule has 4 N–H and O–H groups in total. The number of phosphoric acid groups is 2. The van der Waals surface area contributed by atoms with E-state index in [-0.39, 0.29) is 19.3 Å². The van der Waals surface area contributed by atoms with Crippen LogP contribution in [0.5, 0.6) is 0 Å².